The zero-order chi connectivity index (χ0) is 16.1. The monoisotopic (exact) mass is 301 g/mol. The molecule has 3 nitrogen and oxygen atoms in total. The minimum atomic E-state index is -0.296. The zero-order valence-electron chi connectivity index (χ0n) is 13.1. The summed E-state index contributed by atoms with van der Waals surface area (Å²) < 4.78 is 18.7. The van der Waals surface area contributed by atoms with Gasteiger partial charge in [0, 0.05) is 19.2 Å². The van der Waals surface area contributed by atoms with Crippen LogP contribution in [0.5, 0.6) is 5.75 Å². The Labute approximate surface area is 130 Å². The smallest absolute Gasteiger partial charge is 0.253 e. The molecular formula is C18H20FNO2. The van der Waals surface area contributed by atoms with Crippen LogP contribution < -0.4 is 4.74 Å². The van der Waals surface area contributed by atoms with E-state index in [0.29, 0.717) is 18.7 Å². The van der Waals surface area contributed by atoms with Crippen molar-refractivity contribution in [3.63, 3.8) is 0 Å². The Kier molecular flexibility index (Phi) is 5.15. The van der Waals surface area contributed by atoms with Gasteiger partial charge in [-0.25, -0.2) is 4.39 Å². The maximum atomic E-state index is 13.2. The first-order valence-corrected chi connectivity index (χ1v) is 7.24. The maximum absolute atomic E-state index is 13.2. The zero-order valence-corrected chi connectivity index (χ0v) is 13.1. The highest BCUT2D eigenvalue weighted by atomic mass is 19.1. The molecule has 0 aliphatic heterocycles. The molecule has 22 heavy (non-hydrogen) atoms. The summed E-state index contributed by atoms with van der Waals surface area (Å²) in [5.41, 5.74) is 2.28. The van der Waals surface area contributed by atoms with E-state index in [9.17, 15) is 9.18 Å². The van der Waals surface area contributed by atoms with Crippen molar-refractivity contribution < 1.29 is 13.9 Å². The molecule has 0 atom stereocenters. The fraction of sp³-hybridized carbons (Fsp3) is 0.278. The predicted octanol–water partition coefficient (Wildman–Crippen LogP) is 3.81. The van der Waals surface area contributed by atoms with Crippen molar-refractivity contribution in [2.75, 3.05) is 13.7 Å². The fourth-order valence-corrected chi connectivity index (χ4v) is 2.30. The molecule has 0 fully saturated rings. The molecule has 0 saturated carbocycles. The minimum absolute atomic E-state index is 0.101. The maximum Gasteiger partial charge on any atom is 0.253 e. The van der Waals surface area contributed by atoms with Crippen molar-refractivity contribution in [1.82, 2.24) is 4.90 Å². The first-order chi connectivity index (χ1) is 10.5. The standard InChI is InChI=1S/C18H20FNO2/c1-4-22-17-9-8-15(10-13(17)2)18(21)20(3)12-14-6-5-7-16(19)11-14/h5-11H,4,12H2,1-3H3. The molecule has 0 bridgehead atoms. The number of hydrogen-bond donors (Lipinski definition) is 0. The molecule has 0 aromatic heterocycles. The van der Waals surface area contributed by atoms with Crippen LogP contribution in [0.4, 0.5) is 4.39 Å². The number of carbonyl (C=O) groups is 1. The highest BCUT2D eigenvalue weighted by Crippen LogP contribution is 2.20. The van der Waals surface area contributed by atoms with Gasteiger partial charge in [0.25, 0.3) is 5.91 Å². The van der Waals surface area contributed by atoms with Gasteiger partial charge >= 0.3 is 0 Å². The van der Waals surface area contributed by atoms with E-state index in [4.69, 9.17) is 4.74 Å². The lowest BCUT2D eigenvalue weighted by atomic mass is 10.1. The molecule has 1 amide bonds. The molecule has 0 spiro atoms. The van der Waals surface area contributed by atoms with Gasteiger partial charge in [0.2, 0.25) is 0 Å². The number of ether oxygens (including phenoxy) is 1. The number of hydrogen-bond acceptors (Lipinski definition) is 2. The number of rotatable bonds is 5. The Hall–Kier alpha value is -2.36. The number of benzene rings is 2. The Bertz CT molecular complexity index is 670. The largest absolute Gasteiger partial charge is 0.494 e. The third-order valence-corrected chi connectivity index (χ3v) is 3.38. The molecule has 0 unspecified atom stereocenters. The molecule has 0 N–H and O–H groups in total. The highest BCUT2D eigenvalue weighted by Gasteiger charge is 2.13. The van der Waals surface area contributed by atoms with E-state index in [2.05, 4.69) is 0 Å². The molecule has 116 valence electrons. The van der Waals surface area contributed by atoms with Crippen LogP contribution in [0.25, 0.3) is 0 Å². The van der Waals surface area contributed by atoms with E-state index >= 15 is 0 Å². The summed E-state index contributed by atoms with van der Waals surface area (Å²) in [6, 6.07) is 11.6. The van der Waals surface area contributed by atoms with Crippen molar-refractivity contribution in [3.8, 4) is 5.75 Å². The van der Waals surface area contributed by atoms with Crippen molar-refractivity contribution in [3.05, 3.63) is 65.0 Å². The van der Waals surface area contributed by atoms with Gasteiger partial charge in [-0.3, -0.25) is 4.79 Å². The van der Waals surface area contributed by atoms with Crippen molar-refractivity contribution in [2.24, 2.45) is 0 Å². The van der Waals surface area contributed by atoms with Crippen LogP contribution in [0.1, 0.15) is 28.4 Å². The molecule has 2 rings (SSSR count). The molecule has 0 saturated heterocycles. The van der Waals surface area contributed by atoms with Crippen LogP contribution >= 0.6 is 0 Å². The Balaban J connectivity index is 2.11. The SMILES string of the molecule is CCOc1ccc(C(=O)N(C)Cc2cccc(F)c2)cc1C. The summed E-state index contributed by atoms with van der Waals surface area (Å²) in [5.74, 6) is 0.387. The average molecular weight is 301 g/mol. The van der Waals surface area contributed by atoms with Crippen LogP contribution in [0.3, 0.4) is 0 Å². The molecule has 2 aromatic carbocycles. The summed E-state index contributed by atoms with van der Waals surface area (Å²) in [4.78, 5) is 14.0. The van der Waals surface area contributed by atoms with E-state index in [-0.39, 0.29) is 11.7 Å². The number of carbonyl (C=O) groups excluding carboxylic acids is 1. The summed E-state index contributed by atoms with van der Waals surface area (Å²) in [5, 5.41) is 0. The lowest BCUT2D eigenvalue weighted by Gasteiger charge is -2.18. The third-order valence-electron chi connectivity index (χ3n) is 3.38. The summed E-state index contributed by atoms with van der Waals surface area (Å²) in [7, 11) is 1.71. The first kappa shape index (κ1) is 16.0. The normalized spacial score (nSPS) is 10.4. The quantitative estimate of drug-likeness (QED) is 0.840. The molecule has 0 aliphatic rings. The number of halogens is 1. The number of aryl methyl sites for hydroxylation is 1. The van der Waals surface area contributed by atoms with Gasteiger partial charge in [-0.2, -0.15) is 0 Å². The Morgan fingerprint density at radius 2 is 2.00 bits per heavy atom. The molecule has 2 aromatic rings. The van der Waals surface area contributed by atoms with Gasteiger partial charge in [-0.15, -0.1) is 0 Å². The van der Waals surface area contributed by atoms with E-state index in [1.54, 1.807) is 30.1 Å². The summed E-state index contributed by atoms with van der Waals surface area (Å²) >= 11 is 0. The molecule has 0 heterocycles. The first-order valence-electron chi connectivity index (χ1n) is 7.24. The van der Waals surface area contributed by atoms with Gasteiger partial charge in [-0.05, 0) is 55.3 Å². The molecule has 0 radical (unpaired) electrons. The van der Waals surface area contributed by atoms with E-state index in [0.717, 1.165) is 16.9 Å². The minimum Gasteiger partial charge on any atom is -0.494 e. The second-order valence-corrected chi connectivity index (χ2v) is 5.20. The van der Waals surface area contributed by atoms with Gasteiger partial charge in [-0.1, -0.05) is 12.1 Å². The molecular weight excluding hydrogens is 281 g/mol. The van der Waals surface area contributed by atoms with Crippen LogP contribution in [-0.4, -0.2) is 24.5 Å². The molecule has 0 aliphatic carbocycles. The van der Waals surface area contributed by atoms with Gasteiger partial charge in [0.15, 0.2) is 0 Å². The second kappa shape index (κ2) is 7.07. The fourth-order valence-electron chi connectivity index (χ4n) is 2.30. The van der Waals surface area contributed by atoms with Crippen LogP contribution in [0.2, 0.25) is 0 Å². The molecule has 4 heteroatoms. The highest BCUT2D eigenvalue weighted by molar-refractivity contribution is 5.94. The lowest BCUT2D eigenvalue weighted by molar-refractivity contribution is 0.0785. The summed E-state index contributed by atoms with van der Waals surface area (Å²) in [6.07, 6.45) is 0. The predicted molar refractivity (Wildman–Crippen MR) is 84.5 cm³/mol. The topological polar surface area (TPSA) is 29.5 Å². The summed E-state index contributed by atoms with van der Waals surface area (Å²) in [6.45, 7) is 4.79. The van der Waals surface area contributed by atoms with Crippen molar-refractivity contribution in [2.45, 2.75) is 20.4 Å². The van der Waals surface area contributed by atoms with Gasteiger partial charge in [0.1, 0.15) is 11.6 Å². The van der Waals surface area contributed by atoms with Crippen molar-refractivity contribution >= 4 is 5.91 Å². The van der Waals surface area contributed by atoms with E-state index in [1.807, 2.05) is 26.0 Å². The Morgan fingerprint density at radius 1 is 1.23 bits per heavy atom. The number of amides is 1. The van der Waals surface area contributed by atoms with Crippen LogP contribution in [-0.2, 0) is 6.54 Å². The Morgan fingerprint density at radius 3 is 2.64 bits per heavy atom. The van der Waals surface area contributed by atoms with E-state index in [1.165, 1.54) is 12.1 Å². The average Bonchev–Trinajstić information content (AvgIpc) is 2.48. The lowest BCUT2D eigenvalue weighted by Crippen LogP contribution is -2.26. The third kappa shape index (κ3) is 3.85. The van der Waals surface area contributed by atoms with Crippen LogP contribution in [0, 0.1) is 12.7 Å². The van der Waals surface area contributed by atoms with Crippen LogP contribution in [0.15, 0.2) is 42.5 Å². The van der Waals surface area contributed by atoms with E-state index < -0.39 is 0 Å². The van der Waals surface area contributed by atoms with Gasteiger partial charge in [0.05, 0.1) is 6.61 Å². The number of nitrogens with zero attached hydrogens (tertiary/aromatic N) is 1. The van der Waals surface area contributed by atoms with Gasteiger partial charge < -0.3 is 9.64 Å². The van der Waals surface area contributed by atoms with Crippen molar-refractivity contribution in [1.29, 1.82) is 0 Å². The second-order valence-electron chi connectivity index (χ2n) is 5.20.